The van der Waals surface area contributed by atoms with E-state index in [-0.39, 0.29) is 29.1 Å². The van der Waals surface area contributed by atoms with Gasteiger partial charge in [-0.25, -0.2) is 23.1 Å². The maximum atomic E-state index is 13.9. The molecule has 1 aliphatic heterocycles. The predicted octanol–water partition coefficient (Wildman–Crippen LogP) is 3.74. The van der Waals surface area contributed by atoms with Crippen molar-refractivity contribution in [1.82, 2.24) is 14.6 Å². The Balaban J connectivity index is 1.88. The molecule has 0 radical (unpaired) electrons. The maximum Gasteiger partial charge on any atom is 0.401 e. The highest BCUT2D eigenvalue weighted by atomic mass is 19.4. The zero-order valence-electron chi connectivity index (χ0n) is 14.9. The van der Waals surface area contributed by atoms with Gasteiger partial charge in [0.15, 0.2) is 5.65 Å². The molecule has 2 atom stereocenters. The molecule has 2 aliphatic rings. The summed E-state index contributed by atoms with van der Waals surface area (Å²) in [4.78, 5) is 16.6. The van der Waals surface area contributed by atoms with E-state index in [1.807, 2.05) is 0 Å². The van der Waals surface area contributed by atoms with Crippen LogP contribution in [0.5, 0.6) is 0 Å². The molecule has 2 N–H and O–H groups in total. The van der Waals surface area contributed by atoms with Gasteiger partial charge in [0.1, 0.15) is 5.41 Å². The van der Waals surface area contributed by atoms with E-state index in [1.165, 1.54) is 6.07 Å². The summed E-state index contributed by atoms with van der Waals surface area (Å²) in [5.41, 5.74) is 2.88. The number of fused-ring (bicyclic) bond motifs is 3. The molecule has 1 unspecified atom stereocenters. The molecule has 2 aromatic heterocycles. The predicted molar refractivity (Wildman–Crippen MR) is 89.5 cm³/mol. The van der Waals surface area contributed by atoms with Gasteiger partial charge in [-0.2, -0.15) is 18.3 Å². The molecule has 4 rings (SSSR count). The van der Waals surface area contributed by atoms with Crippen molar-refractivity contribution in [1.29, 1.82) is 0 Å². The van der Waals surface area contributed by atoms with Crippen molar-refractivity contribution in [2.75, 3.05) is 11.4 Å². The van der Waals surface area contributed by atoms with Crippen molar-refractivity contribution in [3.05, 3.63) is 23.7 Å². The van der Waals surface area contributed by atoms with Crippen LogP contribution in [0.3, 0.4) is 0 Å². The van der Waals surface area contributed by atoms with Gasteiger partial charge in [0.25, 0.3) is 0 Å². The zero-order valence-corrected chi connectivity index (χ0v) is 14.9. The normalized spacial score (nSPS) is 27.2. The number of hydrogen-bond acceptors (Lipinski definition) is 3. The van der Waals surface area contributed by atoms with Crippen LogP contribution in [-0.2, 0) is 5.41 Å². The van der Waals surface area contributed by atoms with Gasteiger partial charge in [0.2, 0.25) is 5.92 Å². The summed E-state index contributed by atoms with van der Waals surface area (Å²) in [6.45, 7) is 0.267. The Bertz CT molecular complexity index is 955. The SMILES string of the molecule is CC1(C(F)(F)F)CN(C(N)=O)c2cnc3cc([C@H]4CCCC(F)(F)C4)nn3c21. The Labute approximate surface area is 156 Å². The minimum atomic E-state index is -4.69. The highest BCUT2D eigenvalue weighted by Crippen LogP contribution is 2.50. The Hall–Kier alpha value is -2.46. The third kappa shape index (κ3) is 2.70. The number of amides is 2. The van der Waals surface area contributed by atoms with Crippen molar-refractivity contribution < 1.29 is 26.7 Å². The number of nitrogens with two attached hydrogens (primary N) is 1. The van der Waals surface area contributed by atoms with E-state index in [1.54, 1.807) is 0 Å². The Morgan fingerprint density at radius 3 is 2.68 bits per heavy atom. The van der Waals surface area contributed by atoms with Crippen molar-refractivity contribution in [2.45, 2.75) is 56.0 Å². The fourth-order valence-electron chi connectivity index (χ4n) is 4.18. The maximum absolute atomic E-state index is 13.9. The fraction of sp³-hybridized carbons (Fsp3) is 0.588. The van der Waals surface area contributed by atoms with E-state index in [2.05, 4.69) is 10.1 Å². The molecule has 6 nitrogen and oxygen atoms in total. The lowest BCUT2D eigenvalue weighted by atomic mass is 9.84. The number of alkyl halides is 5. The fourth-order valence-corrected chi connectivity index (χ4v) is 4.18. The van der Waals surface area contributed by atoms with E-state index < -0.39 is 42.4 Å². The first-order chi connectivity index (χ1) is 12.9. The summed E-state index contributed by atoms with van der Waals surface area (Å²) >= 11 is 0. The van der Waals surface area contributed by atoms with E-state index in [4.69, 9.17) is 5.73 Å². The number of anilines is 1. The average molecular weight is 403 g/mol. The number of hydrogen-bond donors (Lipinski definition) is 1. The molecular weight excluding hydrogens is 385 g/mol. The first kappa shape index (κ1) is 18.9. The van der Waals surface area contributed by atoms with Gasteiger partial charge in [-0.3, -0.25) is 4.90 Å². The molecule has 152 valence electrons. The third-order valence-corrected chi connectivity index (χ3v) is 5.72. The topological polar surface area (TPSA) is 76.5 Å². The molecule has 0 spiro atoms. The monoisotopic (exact) mass is 403 g/mol. The van der Waals surface area contributed by atoms with E-state index in [0.29, 0.717) is 12.8 Å². The molecule has 0 aromatic carbocycles. The lowest BCUT2D eigenvalue weighted by Gasteiger charge is -2.28. The average Bonchev–Trinajstić information content (AvgIpc) is 3.13. The first-order valence-corrected chi connectivity index (χ1v) is 8.84. The summed E-state index contributed by atoms with van der Waals surface area (Å²) in [6, 6.07) is 0.408. The second-order valence-corrected chi connectivity index (χ2v) is 7.73. The molecule has 2 aromatic rings. The van der Waals surface area contributed by atoms with Crippen LogP contribution in [0.1, 0.15) is 49.9 Å². The van der Waals surface area contributed by atoms with E-state index >= 15 is 0 Å². The molecule has 0 bridgehead atoms. The molecule has 3 heterocycles. The Morgan fingerprint density at radius 2 is 2.07 bits per heavy atom. The van der Waals surface area contributed by atoms with Gasteiger partial charge in [0, 0.05) is 31.4 Å². The minimum absolute atomic E-state index is 0.0801. The van der Waals surface area contributed by atoms with Gasteiger partial charge >= 0.3 is 12.2 Å². The lowest BCUT2D eigenvalue weighted by molar-refractivity contribution is -0.181. The molecular formula is C17H18F5N5O. The minimum Gasteiger partial charge on any atom is -0.351 e. The zero-order chi connectivity index (χ0) is 20.5. The van der Waals surface area contributed by atoms with Crippen molar-refractivity contribution in [3.8, 4) is 0 Å². The number of carbonyl (C=O) groups excluding carboxylic acids is 1. The number of primary amides is 1. The van der Waals surface area contributed by atoms with Crippen LogP contribution in [0.15, 0.2) is 12.3 Å². The summed E-state index contributed by atoms with van der Waals surface area (Å²) in [7, 11) is 0. The van der Waals surface area contributed by atoms with Gasteiger partial charge in [-0.05, 0) is 19.8 Å². The van der Waals surface area contributed by atoms with Crippen LogP contribution in [-0.4, -0.2) is 39.3 Å². The molecule has 2 amide bonds. The number of nitrogens with zero attached hydrogens (tertiary/aromatic N) is 4. The summed E-state index contributed by atoms with van der Waals surface area (Å²) in [6.07, 6.45) is -3.36. The van der Waals surface area contributed by atoms with Gasteiger partial charge in [0.05, 0.1) is 23.3 Å². The third-order valence-electron chi connectivity index (χ3n) is 5.72. The molecule has 1 saturated carbocycles. The summed E-state index contributed by atoms with van der Waals surface area (Å²) in [5, 5.41) is 4.22. The summed E-state index contributed by atoms with van der Waals surface area (Å²) in [5.74, 6) is -3.39. The van der Waals surface area contributed by atoms with Crippen LogP contribution in [0.25, 0.3) is 5.65 Å². The lowest BCUT2D eigenvalue weighted by Crippen LogP contribution is -2.46. The molecule has 0 saturated heterocycles. The van der Waals surface area contributed by atoms with Crippen molar-refractivity contribution in [3.63, 3.8) is 0 Å². The van der Waals surface area contributed by atoms with Crippen molar-refractivity contribution >= 4 is 17.4 Å². The van der Waals surface area contributed by atoms with Crippen LogP contribution in [0.2, 0.25) is 0 Å². The molecule has 1 fully saturated rings. The number of halogens is 5. The molecule has 11 heteroatoms. The van der Waals surface area contributed by atoms with Gasteiger partial charge in [-0.1, -0.05) is 0 Å². The highest BCUT2D eigenvalue weighted by molar-refractivity contribution is 5.93. The van der Waals surface area contributed by atoms with E-state index in [0.717, 1.165) is 22.5 Å². The van der Waals surface area contributed by atoms with Crippen LogP contribution in [0.4, 0.5) is 32.4 Å². The Morgan fingerprint density at radius 1 is 1.36 bits per heavy atom. The summed E-state index contributed by atoms with van der Waals surface area (Å²) < 4.78 is 70.3. The van der Waals surface area contributed by atoms with Gasteiger partial charge in [-0.15, -0.1) is 0 Å². The number of urea groups is 1. The quantitative estimate of drug-likeness (QED) is 0.737. The van der Waals surface area contributed by atoms with Gasteiger partial charge < -0.3 is 5.73 Å². The number of rotatable bonds is 1. The number of carbonyl (C=O) groups is 1. The Kier molecular flexibility index (Phi) is 3.89. The van der Waals surface area contributed by atoms with E-state index in [9.17, 15) is 26.7 Å². The first-order valence-electron chi connectivity index (χ1n) is 8.84. The largest absolute Gasteiger partial charge is 0.401 e. The second-order valence-electron chi connectivity index (χ2n) is 7.73. The van der Waals surface area contributed by atoms with Crippen LogP contribution >= 0.6 is 0 Å². The van der Waals surface area contributed by atoms with Crippen LogP contribution in [0, 0.1) is 0 Å². The van der Waals surface area contributed by atoms with Crippen molar-refractivity contribution in [2.24, 2.45) is 5.73 Å². The standard InChI is InChI=1S/C17H18F5N5O/c1-15(17(20,21)22)8-26(14(23)28)11-7-24-12-5-10(25-27(12)13(11)15)9-3-2-4-16(18,19)6-9/h5,7,9H,2-4,6,8H2,1H3,(H2,23,28)/t9-,15?/m0/s1. The van der Waals surface area contributed by atoms with Crippen LogP contribution < -0.4 is 10.6 Å². The second kappa shape index (κ2) is 5.77. The molecule has 28 heavy (non-hydrogen) atoms. The smallest absolute Gasteiger partial charge is 0.351 e. The highest BCUT2D eigenvalue weighted by Gasteiger charge is 2.60. The number of aromatic nitrogens is 3. The molecule has 1 aliphatic carbocycles.